The van der Waals surface area contributed by atoms with E-state index in [1.54, 1.807) is 24.5 Å². The number of nitrogens with two attached hydrogens (primary N) is 1. The van der Waals surface area contributed by atoms with Crippen LogP contribution in [0.1, 0.15) is 0 Å². The van der Waals surface area contributed by atoms with Gasteiger partial charge >= 0.3 is 0 Å². The fourth-order valence-electron chi connectivity index (χ4n) is 1.99. The lowest BCUT2D eigenvalue weighted by atomic mass is 10.1. The van der Waals surface area contributed by atoms with Crippen molar-refractivity contribution in [3.8, 4) is 11.1 Å². The Morgan fingerprint density at radius 1 is 1.20 bits per heavy atom. The number of sulfonamides is 1. The number of nitrogens with one attached hydrogen (secondary N) is 1. The highest BCUT2D eigenvalue weighted by atomic mass is 32.2. The summed E-state index contributed by atoms with van der Waals surface area (Å²) in [6.07, 6.45) is 4.67. The Hall–Kier alpha value is -2.45. The van der Waals surface area contributed by atoms with E-state index in [0.29, 0.717) is 16.6 Å². The molecule has 0 unspecified atom stereocenters. The number of hydrogen-bond acceptors (Lipinski definition) is 4. The van der Waals surface area contributed by atoms with Gasteiger partial charge in [0.25, 0.3) is 5.56 Å². The molecule has 3 rings (SSSR count). The second-order valence-corrected chi connectivity index (χ2v) is 5.77. The van der Waals surface area contributed by atoms with Crippen molar-refractivity contribution < 1.29 is 8.42 Å². The Morgan fingerprint density at radius 2 is 1.90 bits per heavy atom. The molecule has 0 fully saturated rings. The smallest absolute Gasteiger partial charge is 0.274 e. The average molecular weight is 290 g/mol. The maximum absolute atomic E-state index is 11.8. The summed E-state index contributed by atoms with van der Waals surface area (Å²) < 4.78 is 23.9. The number of fused-ring (bicyclic) bond motifs is 1. The van der Waals surface area contributed by atoms with Crippen molar-refractivity contribution in [3.63, 3.8) is 0 Å². The second kappa shape index (κ2) is 4.29. The molecule has 0 atom stereocenters. The SMILES string of the molecule is NS(=O)(=O)c1ccc(-c2cnn3cc[nH]c(=O)c23)cc1. The number of rotatable bonds is 2. The Balaban J connectivity index is 2.19. The van der Waals surface area contributed by atoms with Crippen molar-refractivity contribution in [2.75, 3.05) is 0 Å². The van der Waals surface area contributed by atoms with E-state index < -0.39 is 10.0 Å². The molecule has 3 N–H and O–H groups in total. The highest BCUT2D eigenvalue weighted by Gasteiger charge is 2.12. The lowest BCUT2D eigenvalue weighted by Crippen LogP contribution is -2.11. The van der Waals surface area contributed by atoms with Gasteiger partial charge in [-0.2, -0.15) is 5.10 Å². The number of H-pyrrole nitrogens is 1. The number of benzene rings is 1. The molecule has 102 valence electrons. The molecule has 2 heterocycles. The fraction of sp³-hybridized carbons (Fsp3) is 0. The third-order valence-corrected chi connectivity index (χ3v) is 3.86. The summed E-state index contributed by atoms with van der Waals surface area (Å²) in [4.78, 5) is 14.4. The van der Waals surface area contributed by atoms with Gasteiger partial charge in [0.05, 0.1) is 11.1 Å². The van der Waals surface area contributed by atoms with Crippen LogP contribution in [-0.4, -0.2) is 23.0 Å². The van der Waals surface area contributed by atoms with Crippen LogP contribution >= 0.6 is 0 Å². The van der Waals surface area contributed by atoms with Gasteiger partial charge < -0.3 is 4.98 Å². The molecule has 0 radical (unpaired) electrons. The molecule has 0 bridgehead atoms. The molecule has 8 heteroatoms. The van der Waals surface area contributed by atoms with E-state index in [0.717, 1.165) is 0 Å². The summed E-state index contributed by atoms with van der Waals surface area (Å²) in [5, 5.41) is 9.12. The van der Waals surface area contributed by atoms with E-state index in [1.165, 1.54) is 22.8 Å². The van der Waals surface area contributed by atoms with E-state index in [1.807, 2.05) is 0 Å². The quantitative estimate of drug-likeness (QED) is 0.708. The molecule has 1 aromatic carbocycles. The van der Waals surface area contributed by atoms with Crippen molar-refractivity contribution in [3.05, 3.63) is 53.2 Å². The summed E-state index contributed by atoms with van der Waals surface area (Å²) in [6, 6.07) is 5.96. The molecule has 3 aromatic rings. The minimum atomic E-state index is -3.73. The molecule has 0 saturated carbocycles. The van der Waals surface area contributed by atoms with Gasteiger partial charge in [0.2, 0.25) is 10.0 Å². The zero-order chi connectivity index (χ0) is 14.3. The third kappa shape index (κ3) is 2.00. The van der Waals surface area contributed by atoms with Crippen LogP contribution in [0.4, 0.5) is 0 Å². The van der Waals surface area contributed by atoms with E-state index in [9.17, 15) is 13.2 Å². The molecule has 7 nitrogen and oxygen atoms in total. The number of aromatic nitrogens is 3. The fourth-order valence-corrected chi connectivity index (χ4v) is 2.50. The van der Waals surface area contributed by atoms with Gasteiger partial charge in [0.15, 0.2) is 0 Å². The molecule has 2 aromatic heterocycles. The van der Waals surface area contributed by atoms with E-state index in [2.05, 4.69) is 10.1 Å². The number of nitrogens with zero attached hydrogens (tertiary/aromatic N) is 2. The normalized spacial score (nSPS) is 11.8. The zero-order valence-electron chi connectivity index (χ0n) is 10.1. The van der Waals surface area contributed by atoms with E-state index in [4.69, 9.17) is 5.14 Å². The molecule has 0 aliphatic rings. The molecule has 0 aliphatic carbocycles. The van der Waals surface area contributed by atoms with E-state index >= 15 is 0 Å². The molecule has 0 saturated heterocycles. The summed E-state index contributed by atoms with van der Waals surface area (Å²) in [7, 11) is -3.73. The first-order chi connectivity index (χ1) is 9.47. The van der Waals surface area contributed by atoms with Gasteiger partial charge in [-0.3, -0.25) is 4.79 Å². The van der Waals surface area contributed by atoms with E-state index in [-0.39, 0.29) is 10.5 Å². The number of primary sulfonamides is 1. The lowest BCUT2D eigenvalue weighted by Gasteiger charge is -2.01. The summed E-state index contributed by atoms with van der Waals surface area (Å²) in [6.45, 7) is 0. The van der Waals surface area contributed by atoms with Crippen molar-refractivity contribution >= 4 is 15.5 Å². The first kappa shape index (κ1) is 12.6. The lowest BCUT2D eigenvalue weighted by molar-refractivity contribution is 0.598. The first-order valence-corrected chi connectivity index (χ1v) is 7.20. The van der Waals surface area contributed by atoms with Crippen LogP contribution in [0.2, 0.25) is 0 Å². The topological polar surface area (TPSA) is 110 Å². The van der Waals surface area contributed by atoms with Crippen LogP contribution in [0.25, 0.3) is 16.6 Å². The Morgan fingerprint density at radius 3 is 2.55 bits per heavy atom. The zero-order valence-corrected chi connectivity index (χ0v) is 11.0. The maximum Gasteiger partial charge on any atom is 0.274 e. The first-order valence-electron chi connectivity index (χ1n) is 5.65. The highest BCUT2D eigenvalue weighted by Crippen LogP contribution is 2.23. The van der Waals surface area contributed by atoms with Crippen molar-refractivity contribution in [2.45, 2.75) is 4.90 Å². The van der Waals surface area contributed by atoms with Crippen LogP contribution in [-0.2, 0) is 10.0 Å². The van der Waals surface area contributed by atoms with Crippen molar-refractivity contribution in [2.24, 2.45) is 5.14 Å². The predicted octanol–water partition coefficient (Wildman–Crippen LogP) is 0.337. The Labute approximate surface area is 113 Å². The van der Waals surface area contributed by atoms with Crippen LogP contribution < -0.4 is 10.7 Å². The van der Waals surface area contributed by atoms with Crippen LogP contribution in [0.3, 0.4) is 0 Å². The Kier molecular flexibility index (Phi) is 2.70. The molecule has 0 aliphatic heterocycles. The van der Waals surface area contributed by atoms with Gasteiger partial charge in [-0.05, 0) is 17.7 Å². The summed E-state index contributed by atoms with van der Waals surface area (Å²) in [5.41, 5.74) is 1.43. The van der Waals surface area contributed by atoms with Gasteiger partial charge in [-0.15, -0.1) is 0 Å². The maximum atomic E-state index is 11.8. The van der Waals surface area contributed by atoms with Crippen LogP contribution in [0.5, 0.6) is 0 Å². The predicted molar refractivity (Wildman–Crippen MR) is 72.6 cm³/mol. The largest absolute Gasteiger partial charge is 0.326 e. The standard InChI is InChI=1S/C12H10N4O3S/c13-20(18,19)9-3-1-8(2-4-9)10-7-15-16-6-5-14-12(17)11(10)16/h1-7H,(H,14,17)(H2,13,18,19). The van der Waals surface area contributed by atoms with Crippen LogP contribution in [0.15, 0.2) is 52.5 Å². The number of hydrogen-bond donors (Lipinski definition) is 2. The summed E-state index contributed by atoms with van der Waals surface area (Å²) in [5.74, 6) is 0. The second-order valence-electron chi connectivity index (χ2n) is 4.21. The average Bonchev–Trinajstić information content (AvgIpc) is 2.83. The van der Waals surface area contributed by atoms with Gasteiger partial charge in [-0.1, -0.05) is 12.1 Å². The van der Waals surface area contributed by atoms with Gasteiger partial charge in [0, 0.05) is 18.0 Å². The number of aromatic amines is 1. The highest BCUT2D eigenvalue weighted by molar-refractivity contribution is 7.89. The Bertz CT molecular complexity index is 939. The minimum Gasteiger partial charge on any atom is -0.326 e. The molecular formula is C12H10N4O3S. The van der Waals surface area contributed by atoms with Crippen molar-refractivity contribution in [1.82, 2.24) is 14.6 Å². The molecule has 0 amide bonds. The van der Waals surface area contributed by atoms with Gasteiger partial charge in [-0.25, -0.2) is 18.1 Å². The molecular weight excluding hydrogens is 280 g/mol. The van der Waals surface area contributed by atoms with Gasteiger partial charge in [0.1, 0.15) is 5.52 Å². The summed E-state index contributed by atoms with van der Waals surface area (Å²) >= 11 is 0. The molecule has 20 heavy (non-hydrogen) atoms. The van der Waals surface area contributed by atoms with Crippen LogP contribution in [0, 0.1) is 0 Å². The minimum absolute atomic E-state index is 0.0200. The molecule has 0 spiro atoms. The van der Waals surface area contributed by atoms with Crippen molar-refractivity contribution in [1.29, 1.82) is 0 Å². The monoisotopic (exact) mass is 290 g/mol. The third-order valence-electron chi connectivity index (χ3n) is 2.93.